The van der Waals surface area contributed by atoms with Crippen molar-refractivity contribution in [3.05, 3.63) is 52.1 Å². The molecule has 0 atom stereocenters. The molecule has 1 amide bonds. The first-order valence-corrected chi connectivity index (χ1v) is 9.75. The number of nitro groups is 1. The van der Waals surface area contributed by atoms with E-state index in [1.54, 1.807) is 6.92 Å². The van der Waals surface area contributed by atoms with Crippen LogP contribution in [0.25, 0.3) is 0 Å². The molecule has 1 aliphatic heterocycles. The Kier molecular flexibility index (Phi) is 7.20. The van der Waals surface area contributed by atoms with Crippen molar-refractivity contribution in [2.45, 2.75) is 19.8 Å². The number of anilines is 2. The van der Waals surface area contributed by atoms with Crippen LogP contribution in [0.2, 0.25) is 0 Å². The molecule has 4 bridgehead atoms. The van der Waals surface area contributed by atoms with Gasteiger partial charge in [0.25, 0.3) is 0 Å². The summed E-state index contributed by atoms with van der Waals surface area (Å²) in [6.45, 7) is 2.38. The van der Waals surface area contributed by atoms with E-state index in [2.05, 4.69) is 9.97 Å². The number of aromatic nitrogens is 2. The van der Waals surface area contributed by atoms with E-state index in [0.29, 0.717) is 25.2 Å². The lowest BCUT2D eigenvalue weighted by Crippen LogP contribution is -2.35. The highest BCUT2D eigenvalue weighted by molar-refractivity contribution is 5.90. The second-order valence-electron chi connectivity index (χ2n) is 6.49. The van der Waals surface area contributed by atoms with Crippen LogP contribution in [0.3, 0.4) is 0 Å². The Morgan fingerprint density at radius 2 is 2.16 bits per heavy atom. The van der Waals surface area contributed by atoms with Crippen LogP contribution in [0.5, 0.6) is 11.8 Å². The summed E-state index contributed by atoms with van der Waals surface area (Å²) in [7, 11) is 0. The van der Waals surface area contributed by atoms with Crippen LogP contribution in [0.15, 0.2) is 36.4 Å². The van der Waals surface area contributed by atoms with Gasteiger partial charge in [-0.25, -0.2) is 4.79 Å². The molecule has 2 aromatic rings. The van der Waals surface area contributed by atoms with Crippen LogP contribution in [-0.2, 0) is 11.2 Å². The normalized spacial score (nSPS) is 14.3. The average Bonchev–Trinajstić information content (AvgIpc) is 2.72. The Morgan fingerprint density at radius 1 is 1.32 bits per heavy atom. The molecule has 0 saturated heterocycles. The number of amides is 1. The van der Waals surface area contributed by atoms with Crippen molar-refractivity contribution < 1.29 is 23.9 Å². The lowest BCUT2D eigenvalue weighted by Gasteiger charge is -2.21. The topological polar surface area (TPSA) is 143 Å². The van der Waals surface area contributed by atoms with E-state index in [4.69, 9.17) is 19.9 Å². The number of hydrogen-bond donors (Lipinski definition) is 1. The number of carbonyl (C=O) groups excluding carboxylic acids is 1. The molecule has 0 spiro atoms. The predicted molar refractivity (Wildman–Crippen MR) is 112 cm³/mol. The SMILES string of the molecule is CCOC(=O)N1CCc2cccc(c2)OCC=CCCOc2nc(N)c([N+](=O)[O-])c1n2. The van der Waals surface area contributed by atoms with Gasteiger partial charge in [-0.05, 0) is 37.5 Å². The summed E-state index contributed by atoms with van der Waals surface area (Å²) in [5.74, 6) is 0.0000661. The third kappa shape index (κ3) is 5.59. The highest BCUT2D eigenvalue weighted by atomic mass is 16.6. The van der Waals surface area contributed by atoms with Gasteiger partial charge in [-0.15, -0.1) is 0 Å². The third-order valence-corrected chi connectivity index (χ3v) is 4.35. The number of ether oxygens (including phenoxy) is 3. The number of fused-ring (bicyclic) bond motifs is 4. The van der Waals surface area contributed by atoms with Crippen molar-refractivity contribution in [2.75, 3.05) is 37.0 Å². The zero-order valence-corrected chi connectivity index (χ0v) is 17.0. The monoisotopic (exact) mass is 429 g/mol. The van der Waals surface area contributed by atoms with E-state index in [1.807, 2.05) is 36.4 Å². The molecule has 31 heavy (non-hydrogen) atoms. The van der Waals surface area contributed by atoms with Gasteiger partial charge in [0.15, 0.2) is 0 Å². The molecule has 0 aliphatic carbocycles. The fourth-order valence-electron chi connectivity index (χ4n) is 2.93. The molecule has 11 nitrogen and oxygen atoms in total. The molecule has 1 aromatic carbocycles. The summed E-state index contributed by atoms with van der Waals surface area (Å²) in [5.41, 5.74) is 6.10. The number of carbonyl (C=O) groups is 1. The van der Waals surface area contributed by atoms with Crippen LogP contribution >= 0.6 is 0 Å². The largest absolute Gasteiger partial charge is 0.490 e. The highest BCUT2D eigenvalue weighted by Crippen LogP contribution is 2.33. The van der Waals surface area contributed by atoms with E-state index in [0.717, 1.165) is 10.5 Å². The molecule has 2 N–H and O–H groups in total. The average molecular weight is 429 g/mol. The molecule has 0 saturated carbocycles. The van der Waals surface area contributed by atoms with Crippen LogP contribution in [0.4, 0.5) is 22.1 Å². The maximum atomic E-state index is 12.7. The fourth-order valence-corrected chi connectivity index (χ4v) is 2.93. The number of nitrogen functional groups attached to an aromatic ring is 1. The summed E-state index contributed by atoms with van der Waals surface area (Å²) in [6, 6.07) is 7.22. The van der Waals surface area contributed by atoms with Crippen LogP contribution < -0.4 is 20.1 Å². The molecule has 0 fully saturated rings. The van der Waals surface area contributed by atoms with Crippen molar-refractivity contribution in [1.29, 1.82) is 0 Å². The molecule has 3 rings (SSSR count). The Hall–Kier alpha value is -3.89. The summed E-state index contributed by atoms with van der Waals surface area (Å²) in [6.07, 6.45) is 3.84. The first-order chi connectivity index (χ1) is 15.0. The van der Waals surface area contributed by atoms with Gasteiger partial charge in [0, 0.05) is 6.54 Å². The van der Waals surface area contributed by atoms with E-state index < -0.39 is 22.5 Å². The van der Waals surface area contributed by atoms with Gasteiger partial charge < -0.3 is 19.9 Å². The summed E-state index contributed by atoms with van der Waals surface area (Å²) >= 11 is 0. The number of hydrogen-bond acceptors (Lipinski definition) is 9. The Labute approximate surface area is 178 Å². The maximum Gasteiger partial charge on any atom is 0.415 e. The number of nitrogens with two attached hydrogens (primary N) is 1. The molecule has 1 aliphatic rings. The van der Waals surface area contributed by atoms with Gasteiger partial charge in [0.1, 0.15) is 12.4 Å². The lowest BCUT2D eigenvalue weighted by atomic mass is 10.1. The molecule has 0 unspecified atom stereocenters. The van der Waals surface area contributed by atoms with Crippen LogP contribution in [0.1, 0.15) is 18.9 Å². The van der Waals surface area contributed by atoms with E-state index >= 15 is 0 Å². The van der Waals surface area contributed by atoms with Crippen molar-refractivity contribution in [3.8, 4) is 11.8 Å². The number of rotatable bonds is 2. The predicted octanol–water partition coefficient (Wildman–Crippen LogP) is 2.89. The molecule has 2 heterocycles. The lowest BCUT2D eigenvalue weighted by molar-refractivity contribution is -0.383. The third-order valence-electron chi connectivity index (χ3n) is 4.35. The minimum Gasteiger partial charge on any atom is -0.490 e. The molecular weight excluding hydrogens is 406 g/mol. The van der Waals surface area contributed by atoms with Crippen molar-refractivity contribution in [3.63, 3.8) is 0 Å². The van der Waals surface area contributed by atoms with E-state index in [9.17, 15) is 14.9 Å². The maximum absolute atomic E-state index is 12.7. The minimum absolute atomic E-state index is 0.0545. The summed E-state index contributed by atoms with van der Waals surface area (Å²) in [5, 5.41) is 11.7. The summed E-state index contributed by atoms with van der Waals surface area (Å²) < 4.78 is 16.3. The van der Waals surface area contributed by atoms with Gasteiger partial charge in [-0.2, -0.15) is 9.97 Å². The van der Waals surface area contributed by atoms with E-state index in [1.165, 1.54) is 0 Å². The van der Waals surface area contributed by atoms with Gasteiger partial charge >= 0.3 is 17.8 Å². The Bertz CT molecular complexity index is 981. The van der Waals surface area contributed by atoms with E-state index in [-0.39, 0.29) is 31.6 Å². The highest BCUT2D eigenvalue weighted by Gasteiger charge is 2.32. The standard InChI is InChI=1S/C20H23N5O6/c1-2-29-20(26)24-10-9-14-7-6-8-15(13-14)30-11-4-3-5-12-31-19-22-17(21)16(25(27)28)18(24)23-19/h3-4,6-8,13H,2,5,9-12H2,1H3,(H2,21,22,23). The zero-order chi connectivity index (χ0) is 22.2. The zero-order valence-electron chi connectivity index (χ0n) is 17.0. The Morgan fingerprint density at radius 3 is 2.94 bits per heavy atom. The molecule has 0 radical (unpaired) electrons. The smallest absolute Gasteiger partial charge is 0.415 e. The first kappa shape index (κ1) is 21.8. The van der Waals surface area contributed by atoms with Crippen LogP contribution in [0, 0.1) is 10.1 Å². The van der Waals surface area contributed by atoms with Gasteiger partial charge in [-0.1, -0.05) is 24.3 Å². The number of benzene rings is 1. The first-order valence-electron chi connectivity index (χ1n) is 9.75. The molecule has 11 heteroatoms. The van der Waals surface area contributed by atoms with Gasteiger partial charge in [0.05, 0.1) is 18.1 Å². The van der Waals surface area contributed by atoms with Crippen molar-refractivity contribution in [1.82, 2.24) is 9.97 Å². The minimum atomic E-state index is -0.786. The number of nitrogens with zero attached hydrogens (tertiary/aromatic N) is 4. The second-order valence-corrected chi connectivity index (χ2v) is 6.49. The second kappa shape index (κ2) is 10.2. The Balaban J connectivity index is 2.06. The molecular formula is C20H23N5O6. The summed E-state index contributed by atoms with van der Waals surface area (Å²) in [4.78, 5) is 32.7. The van der Waals surface area contributed by atoms with Gasteiger partial charge in [-0.3, -0.25) is 15.0 Å². The molecule has 1 aromatic heterocycles. The van der Waals surface area contributed by atoms with Crippen molar-refractivity contribution >= 4 is 23.4 Å². The van der Waals surface area contributed by atoms with Gasteiger partial charge in [0.2, 0.25) is 11.6 Å². The van der Waals surface area contributed by atoms with Crippen LogP contribution in [-0.4, -0.2) is 47.3 Å². The quantitative estimate of drug-likeness (QED) is 0.433. The van der Waals surface area contributed by atoms with Crippen molar-refractivity contribution in [2.24, 2.45) is 0 Å². The molecule has 164 valence electrons. The fraction of sp³-hybridized carbons (Fsp3) is 0.350.